The Kier molecular flexibility index (Phi) is 3.97. The lowest BCUT2D eigenvalue weighted by Gasteiger charge is -2.24. The number of aromatic nitrogens is 2. The van der Waals surface area contributed by atoms with Crippen molar-refractivity contribution in [2.45, 2.75) is 0 Å². The molecule has 24 heavy (non-hydrogen) atoms. The third-order valence-electron chi connectivity index (χ3n) is 3.85. The van der Waals surface area contributed by atoms with Crippen LogP contribution in [0.5, 0.6) is 0 Å². The summed E-state index contributed by atoms with van der Waals surface area (Å²) < 4.78 is 1.07. The van der Waals surface area contributed by atoms with Gasteiger partial charge in [-0.2, -0.15) is 0 Å². The lowest BCUT2D eigenvalue weighted by Crippen LogP contribution is -2.13. The molecule has 0 saturated carbocycles. The first-order chi connectivity index (χ1) is 11.8. The number of fused-ring (bicyclic) bond motifs is 1. The Morgan fingerprint density at radius 3 is 1.79 bits per heavy atom. The zero-order valence-corrected chi connectivity index (χ0v) is 14.4. The third-order valence-corrected chi connectivity index (χ3v) is 4.54. The van der Waals surface area contributed by atoms with E-state index in [4.69, 9.17) is 0 Å². The molecular weight excluding hydrogens is 362 g/mol. The molecule has 4 aromatic rings. The Morgan fingerprint density at radius 1 is 0.625 bits per heavy atom. The monoisotopic (exact) mass is 375 g/mol. The average Bonchev–Trinajstić information content (AvgIpc) is 2.66. The number of nitrogens with zero attached hydrogens (tertiary/aromatic N) is 3. The zero-order chi connectivity index (χ0) is 16.4. The number of hydrogen-bond acceptors (Lipinski definition) is 3. The first-order valence-corrected chi connectivity index (χ1v) is 8.43. The van der Waals surface area contributed by atoms with Gasteiger partial charge in [-0.3, -0.25) is 4.90 Å². The van der Waals surface area contributed by atoms with Crippen LogP contribution in [0.3, 0.4) is 0 Å². The Hall–Kier alpha value is -2.72. The predicted molar refractivity (Wildman–Crippen MR) is 102 cm³/mol. The largest absolute Gasteiger partial charge is 0.278 e. The fraction of sp³-hybridized carbons (Fsp3) is 0. The van der Waals surface area contributed by atoms with Gasteiger partial charge in [0.05, 0.1) is 5.69 Å². The van der Waals surface area contributed by atoms with Gasteiger partial charge in [0.1, 0.15) is 11.6 Å². The lowest BCUT2D eigenvalue weighted by atomic mass is 10.1. The van der Waals surface area contributed by atoms with Gasteiger partial charge in [0, 0.05) is 22.3 Å². The van der Waals surface area contributed by atoms with E-state index in [1.807, 2.05) is 48.5 Å². The maximum Gasteiger partial charge on any atom is 0.138 e. The Morgan fingerprint density at radius 2 is 1.21 bits per heavy atom. The summed E-state index contributed by atoms with van der Waals surface area (Å²) in [4.78, 5) is 11.1. The summed E-state index contributed by atoms with van der Waals surface area (Å²) in [6, 6.07) is 24.3. The Labute approximate surface area is 148 Å². The van der Waals surface area contributed by atoms with Crippen molar-refractivity contribution in [1.29, 1.82) is 0 Å². The molecule has 2 aromatic heterocycles. The van der Waals surface area contributed by atoms with Gasteiger partial charge < -0.3 is 0 Å². The van der Waals surface area contributed by atoms with Crippen LogP contribution < -0.4 is 4.90 Å². The summed E-state index contributed by atoms with van der Waals surface area (Å²) in [5, 5.41) is 2.30. The summed E-state index contributed by atoms with van der Waals surface area (Å²) in [7, 11) is 0. The zero-order valence-electron chi connectivity index (χ0n) is 12.8. The van der Waals surface area contributed by atoms with E-state index in [0.717, 1.165) is 32.6 Å². The number of hydrogen-bond donors (Lipinski definition) is 0. The molecule has 2 heterocycles. The second kappa shape index (κ2) is 6.42. The molecule has 0 spiro atoms. The molecule has 0 N–H and O–H groups in total. The van der Waals surface area contributed by atoms with Crippen LogP contribution in [0.15, 0.2) is 89.7 Å². The van der Waals surface area contributed by atoms with E-state index in [0.29, 0.717) is 0 Å². The van der Waals surface area contributed by atoms with Gasteiger partial charge in [-0.15, -0.1) is 0 Å². The van der Waals surface area contributed by atoms with Crippen LogP contribution in [0, 0.1) is 0 Å². The lowest BCUT2D eigenvalue weighted by molar-refractivity contribution is 1.13. The fourth-order valence-electron chi connectivity index (χ4n) is 2.78. The highest BCUT2D eigenvalue weighted by atomic mass is 79.9. The highest BCUT2D eigenvalue weighted by molar-refractivity contribution is 9.10. The average molecular weight is 376 g/mol. The number of rotatable bonds is 3. The Balaban J connectivity index is 2.00. The van der Waals surface area contributed by atoms with Crippen molar-refractivity contribution in [2.75, 3.05) is 4.90 Å². The smallest absolute Gasteiger partial charge is 0.138 e. The van der Waals surface area contributed by atoms with Gasteiger partial charge in [0.2, 0.25) is 0 Å². The molecule has 0 atom stereocenters. The fourth-order valence-corrected chi connectivity index (χ4v) is 3.26. The second-order valence-corrected chi connectivity index (χ2v) is 6.18. The van der Waals surface area contributed by atoms with E-state index in [1.165, 1.54) is 0 Å². The Bertz CT molecular complexity index is 932. The maximum absolute atomic E-state index is 4.54. The van der Waals surface area contributed by atoms with E-state index in [9.17, 15) is 0 Å². The summed E-state index contributed by atoms with van der Waals surface area (Å²) >= 11 is 3.64. The van der Waals surface area contributed by atoms with Gasteiger partial charge in [0.25, 0.3) is 0 Å². The number of anilines is 3. The third kappa shape index (κ3) is 2.65. The van der Waals surface area contributed by atoms with Crippen molar-refractivity contribution in [2.24, 2.45) is 0 Å². The topological polar surface area (TPSA) is 29.0 Å². The standard InChI is InChI=1S/C20H14BrN3/c21-17-11-12-18(16-8-2-1-7-15(16)17)24(19-9-3-5-13-22-19)20-10-4-6-14-23-20/h1-14H. The highest BCUT2D eigenvalue weighted by Crippen LogP contribution is 2.38. The molecule has 0 saturated heterocycles. The number of pyridine rings is 2. The number of benzene rings is 2. The molecule has 0 radical (unpaired) electrons. The van der Waals surface area contributed by atoms with E-state index < -0.39 is 0 Å². The summed E-state index contributed by atoms with van der Waals surface area (Å²) in [5.41, 5.74) is 1.05. The van der Waals surface area contributed by atoms with Crippen LogP contribution in [-0.4, -0.2) is 9.97 Å². The predicted octanol–water partition coefficient (Wildman–Crippen LogP) is 5.86. The molecule has 4 heteroatoms. The van der Waals surface area contributed by atoms with E-state index in [2.05, 4.69) is 55.1 Å². The molecule has 0 fully saturated rings. The first-order valence-electron chi connectivity index (χ1n) is 7.64. The van der Waals surface area contributed by atoms with Gasteiger partial charge in [-0.1, -0.05) is 52.3 Å². The van der Waals surface area contributed by atoms with Gasteiger partial charge >= 0.3 is 0 Å². The number of halogens is 1. The van der Waals surface area contributed by atoms with Crippen LogP contribution in [0.1, 0.15) is 0 Å². The molecule has 0 amide bonds. The van der Waals surface area contributed by atoms with E-state index in [1.54, 1.807) is 12.4 Å². The normalized spacial score (nSPS) is 10.7. The van der Waals surface area contributed by atoms with Gasteiger partial charge in [0.15, 0.2) is 0 Å². The molecule has 0 aliphatic rings. The van der Waals surface area contributed by atoms with Gasteiger partial charge in [-0.25, -0.2) is 9.97 Å². The van der Waals surface area contributed by atoms with E-state index >= 15 is 0 Å². The molecule has 3 nitrogen and oxygen atoms in total. The minimum absolute atomic E-state index is 0.837. The molecule has 0 bridgehead atoms. The van der Waals surface area contributed by atoms with Crippen molar-refractivity contribution >= 4 is 44.0 Å². The highest BCUT2D eigenvalue weighted by Gasteiger charge is 2.17. The van der Waals surface area contributed by atoms with Crippen molar-refractivity contribution in [1.82, 2.24) is 9.97 Å². The molecular formula is C20H14BrN3. The summed E-state index contributed by atoms with van der Waals surface area (Å²) in [6.07, 6.45) is 3.60. The van der Waals surface area contributed by atoms with Crippen LogP contribution in [0.25, 0.3) is 10.8 Å². The van der Waals surface area contributed by atoms with E-state index in [-0.39, 0.29) is 0 Å². The SMILES string of the molecule is Brc1ccc(N(c2ccccn2)c2ccccn2)c2ccccc12. The minimum atomic E-state index is 0.837. The molecule has 0 aliphatic heterocycles. The maximum atomic E-state index is 4.54. The van der Waals surface area contributed by atoms with Crippen LogP contribution in [0.2, 0.25) is 0 Å². The molecule has 116 valence electrons. The van der Waals surface area contributed by atoms with Gasteiger partial charge in [-0.05, 0) is 41.8 Å². The molecule has 4 rings (SSSR count). The molecule has 0 unspecified atom stereocenters. The molecule has 0 aliphatic carbocycles. The van der Waals surface area contributed by atoms with Crippen LogP contribution >= 0.6 is 15.9 Å². The quantitative estimate of drug-likeness (QED) is 0.448. The summed E-state index contributed by atoms with van der Waals surface area (Å²) in [5.74, 6) is 1.67. The second-order valence-electron chi connectivity index (χ2n) is 5.32. The van der Waals surface area contributed by atoms with Crippen molar-refractivity contribution in [3.8, 4) is 0 Å². The molecule has 2 aromatic carbocycles. The van der Waals surface area contributed by atoms with Crippen molar-refractivity contribution in [3.05, 3.63) is 89.7 Å². The van der Waals surface area contributed by atoms with Crippen molar-refractivity contribution in [3.63, 3.8) is 0 Å². The first kappa shape index (κ1) is 14.8. The van der Waals surface area contributed by atoms with Crippen molar-refractivity contribution < 1.29 is 0 Å². The van der Waals surface area contributed by atoms with Crippen LogP contribution in [-0.2, 0) is 0 Å². The van der Waals surface area contributed by atoms with Crippen LogP contribution in [0.4, 0.5) is 17.3 Å². The summed E-state index contributed by atoms with van der Waals surface area (Å²) in [6.45, 7) is 0. The minimum Gasteiger partial charge on any atom is -0.278 e.